The molecule has 1 atom stereocenters. The molecular weight excluding hydrogens is 232 g/mol. The van der Waals surface area contributed by atoms with Gasteiger partial charge in [-0.1, -0.05) is 11.8 Å². The molecule has 0 aliphatic carbocycles. The molecule has 2 rings (SSSR count). The predicted molar refractivity (Wildman–Crippen MR) is 74.8 cm³/mol. The van der Waals surface area contributed by atoms with Crippen molar-refractivity contribution in [2.75, 3.05) is 18.9 Å². The van der Waals surface area contributed by atoms with Gasteiger partial charge in [-0.25, -0.2) is 0 Å². The maximum absolute atomic E-state index is 5.71. The molecule has 2 saturated heterocycles. The fourth-order valence-electron chi connectivity index (χ4n) is 2.22. The molecular formula is C13H24N2OS. The zero-order chi connectivity index (χ0) is 12.1. The normalized spacial score (nSPS) is 31.2. The molecule has 2 aliphatic rings. The van der Waals surface area contributed by atoms with Crippen LogP contribution in [0.1, 0.15) is 46.0 Å². The third-order valence-electron chi connectivity index (χ3n) is 3.39. The van der Waals surface area contributed by atoms with Crippen molar-refractivity contribution >= 4 is 16.9 Å². The van der Waals surface area contributed by atoms with Crippen molar-refractivity contribution in [2.24, 2.45) is 4.99 Å². The summed E-state index contributed by atoms with van der Waals surface area (Å²) in [6, 6.07) is 0. The number of thioether (sulfide) groups is 1. The summed E-state index contributed by atoms with van der Waals surface area (Å²) in [5, 5.41) is 4.62. The van der Waals surface area contributed by atoms with E-state index < -0.39 is 0 Å². The van der Waals surface area contributed by atoms with Crippen molar-refractivity contribution < 1.29 is 4.74 Å². The first kappa shape index (κ1) is 13.2. The molecule has 2 heterocycles. The van der Waals surface area contributed by atoms with Crippen molar-refractivity contribution in [1.29, 1.82) is 0 Å². The smallest absolute Gasteiger partial charge is 0.156 e. The van der Waals surface area contributed by atoms with E-state index in [0.29, 0.717) is 6.10 Å². The van der Waals surface area contributed by atoms with Crippen molar-refractivity contribution in [2.45, 2.75) is 57.6 Å². The van der Waals surface area contributed by atoms with E-state index in [1.807, 2.05) is 11.8 Å². The number of hydrogen-bond acceptors (Lipinski definition) is 3. The second kappa shape index (κ2) is 6.10. The standard InChI is InChI=1S/C13H24N2OS/c1-13(2)7-10-17-12(15-13)14-8-6-11-5-3-4-9-16-11/h11H,3-10H2,1-2H3,(H,14,15). The number of nitrogens with zero attached hydrogens (tertiary/aromatic N) is 1. The Morgan fingerprint density at radius 2 is 2.35 bits per heavy atom. The monoisotopic (exact) mass is 256 g/mol. The third kappa shape index (κ3) is 4.51. The summed E-state index contributed by atoms with van der Waals surface area (Å²) in [5.74, 6) is 1.18. The van der Waals surface area contributed by atoms with Crippen molar-refractivity contribution in [3.8, 4) is 0 Å². The second-order valence-electron chi connectivity index (χ2n) is 5.57. The van der Waals surface area contributed by atoms with Gasteiger partial charge in [-0.3, -0.25) is 4.99 Å². The van der Waals surface area contributed by atoms with Crippen LogP contribution in [0.2, 0.25) is 0 Å². The van der Waals surface area contributed by atoms with E-state index >= 15 is 0 Å². The Bertz CT molecular complexity index is 273. The summed E-state index contributed by atoms with van der Waals surface area (Å²) in [7, 11) is 0. The van der Waals surface area contributed by atoms with Gasteiger partial charge in [0, 0.05) is 24.4 Å². The average molecular weight is 256 g/mol. The zero-order valence-corrected chi connectivity index (χ0v) is 11.8. The third-order valence-corrected chi connectivity index (χ3v) is 4.30. The van der Waals surface area contributed by atoms with Gasteiger partial charge in [0.25, 0.3) is 0 Å². The van der Waals surface area contributed by atoms with E-state index in [1.54, 1.807) is 0 Å². The molecule has 17 heavy (non-hydrogen) atoms. The number of hydrogen-bond donors (Lipinski definition) is 1. The van der Waals surface area contributed by atoms with E-state index in [1.165, 1.54) is 31.4 Å². The Morgan fingerprint density at radius 3 is 3.06 bits per heavy atom. The molecule has 0 bridgehead atoms. The zero-order valence-electron chi connectivity index (χ0n) is 11.0. The van der Waals surface area contributed by atoms with E-state index in [4.69, 9.17) is 4.74 Å². The highest BCUT2D eigenvalue weighted by molar-refractivity contribution is 8.13. The Labute approximate surface area is 109 Å². The van der Waals surface area contributed by atoms with E-state index in [9.17, 15) is 0 Å². The number of aliphatic imine (C=N–C) groups is 1. The van der Waals surface area contributed by atoms with Crippen LogP contribution in [-0.4, -0.2) is 35.7 Å². The van der Waals surface area contributed by atoms with Crippen molar-refractivity contribution in [1.82, 2.24) is 5.32 Å². The van der Waals surface area contributed by atoms with Crippen LogP contribution in [0.15, 0.2) is 4.99 Å². The molecule has 0 aromatic heterocycles. The molecule has 98 valence electrons. The minimum Gasteiger partial charge on any atom is -0.378 e. The molecule has 0 aromatic rings. The first-order chi connectivity index (χ1) is 8.16. The highest BCUT2D eigenvalue weighted by atomic mass is 32.2. The maximum Gasteiger partial charge on any atom is 0.156 e. The first-order valence-corrected chi connectivity index (χ1v) is 7.71. The van der Waals surface area contributed by atoms with Gasteiger partial charge >= 0.3 is 0 Å². The molecule has 1 N–H and O–H groups in total. The van der Waals surface area contributed by atoms with Gasteiger partial charge in [-0.15, -0.1) is 0 Å². The van der Waals surface area contributed by atoms with Crippen LogP contribution in [0.5, 0.6) is 0 Å². The quantitative estimate of drug-likeness (QED) is 0.843. The molecule has 0 radical (unpaired) electrons. The van der Waals surface area contributed by atoms with Gasteiger partial charge < -0.3 is 10.1 Å². The number of amidine groups is 1. The maximum atomic E-state index is 5.71. The van der Waals surface area contributed by atoms with Gasteiger partial charge in [-0.05, 0) is 46.0 Å². The molecule has 0 saturated carbocycles. The Kier molecular flexibility index (Phi) is 4.74. The summed E-state index contributed by atoms with van der Waals surface area (Å²) in [5.41, 5.74) is 0.214. The fraction of sp³-hybridized carbons (Fsp3) is 0.923. The summed E-state index contributed by atoms with van der Waals surface area (Å²) in [6.07, 6.45) is 6.51. The van der Waals surface area contributed by atoms with Crippen molar-refractivity contribution in [3.05, 3.63) is 0 Å². The van der Waals surface area contributed by atoms with Crippen LogP contribution in [-0.2, 0) is 4.74 Å². The first-order valence-electron chi connectivity index (χ1n) is 6.73. The van der Waals surface area contributed by atoms with Crippen LogP contribution < -0.4 is 5.32 Å². The molecule has 0 spiro atoms. The minimum atomic E-state index is 0.214. The summed E-state index contributed by atoms with van der Waals surface area (Å²) < 4.78 is 5.71. The minimum absolute atomic E-state index is 0.214. The molecule has 2 aliphatic heterocycles. The van der Waals surface area contributed by atoms with E-state index in [2.05, 4.69) is 24.2 Å². The Morgan fingerprint density at radius 1 is 1.47 bits per heavy atom. The van der Waals surface area contributed by atoms with E-state index in [-0.39, 0.29) is 5.54 Å². The van der Waals surface area contributed by atoms with Crippen LogP contribution >= 0.6 is 11.8 Å². The summed E-state index contributed by atoms with van der Waals surface area (Å²) in [4.78, 5) is 4.66. The SMILES string of the molecule is CC1(C)CCSC(=NCCC2CCCCO2)N1. The van der Waals surface area contributed by atoms with Gasteiger partial charge in [-0.2, -0.15) is 0 Å². The second-order valence-corrected chi connectivity index (χ2v) is 6.66. The highest BCUT2D eigenvalue weighted by Crippen LogP contribution is 2.22. The topological polar surface area (TPSA) is 33.6 Å². The molecule has 3 nitrogen and oxygen atoms in total. The summed E-state index contributed by atoms with van der Waals surface area (Å²) in [6.45, 7) is 6.33. The summed E-state index contributed by atoms with van der Waals surface area (Å²) >= 11 is 1.85. The van der Waals surface area contributed by atoms with E-state index in [0.717, 1.165) is 24.7 Å². The molecule has 4 heteroatoms. The largest absolute Gasteiger partial charge is 0.378 e. The number of rotatable bonds is 3. The van der Waals surface area contributed by atoms with Gasteiger partial charge in [0.2, 0.25) is 0 Å². The van der Waals surface area contributed by atoms with Crippen LogP contribution in [0.4, 0.5) is 0 Å². The average Bonchev–Trinajstić information content (AvgIpc) is 2.29. The Balaban J connectivity index is 1.72. The molecule has 2 fully saturated rings. The Hall–Kier alpha value is -0.220. The molecule has 0 aromatic carbocycles. The lowest BCUT2D eigenvalue weighted by Crippen LogP contribution is -2.46. The van der Waals surface area contributed by atoms with Gasteiger partial charge in [0.05, 0.1) is 6.10 Å². The predicted octanol–water partition coefficient (Wildman–Crippen LogP) is 2.81. The highest BCUT2D eigenvalue weighted by Gasteiger charge is 2.24. The number of nitrogens with one attached hydrogen (secondary N) is 1. The van der Waals surface area contributed by atoms with Crippen LogP contribution in [0.3, 0.4) is 0 Å². The van der Waals surface area contributed by atoms with Gasteiger partial charge in [0.1, 0.15) is 0 Å². The van der Waals surface area contributed by atoms with Crippen molar-refractivity contribution in [3.63, 3.8) is 0 Å². The van der Waals surface area contributed by atoms with Crippen LogP contribution in [0, 0.1) is 0 Å². The lowest BCUT2D eigenvalue weighted by molar-refractivity contribution is 0.0129. The van der Waals surface area contributed by atoms with Gasteiger partial charge in [0.15, 0.2) is 5.17 Å². The fourth-order valence-corrected chi connectivity index (χ4v) is 3.56. The van der Waals surface area contributed by atoms with Crippen LogP contribution in [0.25, 0.3) is 0 Å². The molecule has 1 unspecified atom stereocenters. The lowest BCUT2D eigenvalue weighted by atomic mass is 10.0. The molecule has 0 amide bonds. The lowest BCUT2D eigenvalue weighted by Gasteiger charge is -2.32. The number of ether oxygens (including phenoxy) is 1.